The van der Waals surface area contributed by atoms with Gasteiger partial charge in [0.1, 0.15) is 5.75 Å². The van der Waals surface area contributed by atoms with Crippen LogP contribution in [0.5, 0.6) is 5.75 Å². The minimum absolute atomic E-state index is 0.106. The molecular weight excluding hydrogens is 436 g/mol. The first-order chi connectivity index (χ1) is 16.2. The lowest BCUT2D eigenvalue weighted by Gasteiger charge is -2.10. The van der Waals surface area contributed by atoms with Crippen LogP contribution in [0.15, 0.2) is 72.1 Å². The van der Waals surface area contributed by atoms with Gasteiger partial charge in [-0.3, -0.25) is 9.78 Å². The van der Waals surface area contributed by atoms with Crippen molar-refractivity contribution in [3.05, 3.63) is 83.7 Å². The fourth-order valence-electron chi connectivity index (χ4n) is 3.43. The van der Waals surface area contributed by atoms with Gasteiger partial charge in [0.25, 0.3) is 5.91 Å². The average molecular weight is 463 g/mol. The fraction of sp³-hybridized carbons (Fsp3) is 0.240. The van der Waals surface area contributed by atoms with Crippen molar-refractivity contribution in [1.82, 2.24) is 19.9 Å². The first kappa shape index (κ1) is 22.8. The summed E-state index contributed by atoms with van der Waals surface area (Å²) < 4.78 is 12.5. The summed E-state index contributed by atoms with van der Waals surface area (Å²) in [7, 11) is 3.28. The van der Waals surface area contributed by atoms with E-state index in [0.717, 1.165) is 33.3 Å². The van der Waals surface area contributed by atoms with Crippen molar-refractivity contribution in [2.45, 2.75) is 17.5 Å². The van der Waals surface area contributed by atoms with Crippen LogP contribution in [0.25, 0.3) is 11.0 Å². The van der Waals surface area contributed by atoms with Crippen molar-refractivity contribution >= 4 is 28.7 Å². The maximum atomic E-state index is 12.2. The molecule has 0 aliphatic heterocycles. The van der Waals surface area contributed by atoms with Crippen LogP contribution in [-0.2, 0) is 17.0 Å². The van der Waals surface area contributed by atoms with Crippen molar-refractivity contribution in [2.75, 3.05) is 27.4 Å². The maximum absolute atomic E-state index is 12.2. The molecule has 0 aliphatic carbocycles. The lowest BCUT2D eigenvalue weighted by Crippen LogP contribution is -2.26. The number of methoxy groups -OCH3 is 2. The molecule has 170 valence electrons. The largest absolute Gasteiger partial charge is 0.497 e. The smallest absolute Gasteiger partial charge is 0.251 e. The normalized spacial score (nSPS) is 11.0. The summed E-state index contributed by atoms with van der Waals surface area (Å²) in [5, 5.41) is 3.76. The van der Waals surface area contributed by atoms with E-state index in [-0.39, 0.29) is 5.91 Å². The van der Waals surface area contributed by atoms with Crippen molar-refractivity contribution < 1.29 is 14.3 Å². The summed E-state index contributed by atoms with van der Waals surface area (Å²) in [5.74, 6) is 1.51. The summed E-state index contributed by atoms with van der Waals surface area (Å²) in [5.41, 5.74) is 4.76. The Labute approximate surface area is 197 Å². The Morgan fingerprint density at radius 2 is 1.94 bits per heavy atom. The van der Waals surface area contributed by atoms with E-state index < -0.39 is 0 Å². The molecule has 0 atom stereocenters. The third-order valence-electron chi connectivity index (χ3n) is 5.17. The number of rotatable bonds is 10. The third kappa shape index (κ3) is 5.71. The summed E-state index contributed by atoms with van der Waals surface area (Å²) >= 11 is 1.68. The van der Waals surface area contributed by atoms with E-state index in [2.05, 4.69) is 20.9 Å². The van der Waals surface area contributed by atoms with Gasteiger partial charge < -0.3 is 19.4 Å². The minimum atomic E-state index is -0.106. The number of pyridine rings is 1. The summed E-state index contributed by atoms with van der Waals surface area (Å²) in [6.07, 6.45) is 3.60. The molecule has 4 aromatic rings. The highest BCUT2D eigenvalue weighted by atomic mass is 32.2. The Hall–Kier alpha value is -3.36. The lowest BCUT2D eigenvalue weighted by molar-refractivity contribution is 0.0937. The van der Waals surface area contributed by atoms with Gasteiger partial charge in [0.05, 0.1) is 37.5 Å². The molecule has 0 bridgehead atoms. The lowest BCUT2D eigenvalue weighted by atomic mass is 10.1. The van der Waals surface area contributed by atoms with Crippen LogP contribution in [0, 0.1) is 0 Å². The molecule has 2 aromatic carbocycles. The van der Waals surface area contributed by atoms with Crippen LogP contribution in [0.4, 0.5) is 0 Å². The van der Waals surface area contributed by atoms with Crippen molar-refractivity contribution in [3.8, 4) is 5.75 Å². The second-order valence-corrected chi connectivity index (χ2v) is 8.37. The highest BCUT2D eigenvalue weighted by molar-refractivity contribution is 7.98. The van der Waals surface area contributed by atoms with Gasteiger partial charge in [-0.25, -0.2) is 4.98 Å². The number of nitrogens with one attached hydrogen (secondary N) is 1. The van der Waals surface area contributed by atoms with E-state index in [0.29, 0.717) is 25.3 Å². The molecule has 7 nitrogen and oxygen atoms in total. The first-order valence-electron chi connectivity index (χ1n) is 10.6. The van der Waals surface area contributed by atoms with Gasteiger partial charge in [0, 0.05) is 31.2 Å². The molecule has 2 aromatic heterocycles. The Morgan fingerprint density at radius 1 is 1.09 bits per heavy atom. The number of thioether (sulfide) groups is 1. The number of imidazole rings is 1. The molecule has 0 saturated carbocycles. The molecule has 0 fully saturated rings. The fourth-order valence-corrected chi connectivity index (χ4v) is 4.39. The van der Waals surface area contributed by atoms with E-state index in [1.165, 1.54) is 5.56 Å². The third-order valence-corrected chi connectivity index (χ3v) is 6.21. The molecule has 2 heterocycles. The Kier molecular flexibility index (Phi) is 7.59. The Bertz CT molecular complexity index is 1220. The van der Waals surface area contributed by atoms with E-state index >= 15 is 0 Å². The number of nitrogens with zero attached hydrogens (tertiary/aromatic N) is 3. The molecule has 0 aliphatic rings. The highest BCUT2D eigenvalue weighted by Crippen LogP contribution is 2.28. The van der Waals surface area contributed by atoms with Crippen LogP contribution in [0.3, 0.4) is 0 Å². The highest BCUT2D eigenvalue weighted by Gasteiger charge is 2.13. The van der Waals surface area contributed by atoms with Gasteiger partial charge in [-0.1, -0.05) is 36.0 Å². The van der Waals surface area contributed by atoms with Crippen LogP contribution in [-0.4, -0.2) is 47.8 Å². The van der Waals surface area contributed by atoms with Gasteiger partial charge in [-0.15, -0.1) is 0 Å². The number of aromatic nitrogens is 3. The molecule has 1 N–H and O–H groups in total. The number of carbonyl (C=O) groups is 1. The van der Waals surface area contributed by atoms with Crippen LogP contribution < -0.4 is 10.1 Å². The molecule has 1 amide bonds. The predicted molar refractivity (Wildman–Crippen MR) is 130 cm³/mol. The Balaban J connectivity index is 1.52. The molecule has 0 saturated heterocycles. The standard InChI is InChI=1S/C25H26N4O3S/c1-31-13-12-27-24(30)20-8-6-18(7-9-20)16-29-23-15-26-11-10-22(23)28-25(29)33-17-19-4-3-5-21(14-19)32-2/h3-11,14-15H,12-13,16-17H2,1-2H3,(H,27,30). The van der Waals surface area contributed by atoms with Gasteiger partial charge >= 0.3 is 0 Å². The minimum Gasteiger partial charge on any atom is -0.497 e. The quantitative estimate of drug-likeness (QED) is 0.282. The molecule has 0 unspecified atom stereocenters. The van der Waals surface area contributed by atoms with Gasteiger partial charge in [-0.2, -0.15) is 0 Å². The van der Waals surface area contributed by atoms with E-state index in [1.54, 1.807) is 32.2 Å². The van der Waals surface area contributed by atoms with Crippen LogP contribution in [0.2, 0.25) is 0 Å². The van der Waals surface area contributed by atoms with Gasteiger partial charge in [0.2, 0.25) is 0 Å². The van der Waals surface area contributed by atoms with E-state index in [9.17, 15) is 4.79 Å². The van der Waals surface area contributed by atoms with Gasteiger partial charge in [-0.05, 0) is 41.5 Å². The number of carbonyl (C=O) groups excluding carboxylic acids is 1. The number of benzene rings is 2. The summed E-state index contributed by atoms with van der Waals surface area (Å²) in [6, 6.07) is 17.6. The zero-order valence-electron chi connectivity index (χ0n) is 18.7. The second-order valence-electron chi connectivity index (χ2n) is 7.43. The number of fused-ring (bicyclic) bond motifs is 1. The number of hydrogen-bond acceptors (Lipinski definition) is 6. The second kappa shape index (κ2) is 11.0. The van der Waals surface area contributed by atoms with Gasteiger partial charge in [0.15, 0.2) is 5.16 Å². The molecule has 0 spiro atoms. The number of ether oxygens (including phenoxy) is 2. The first-order valence-corrected chi connectivity index (χ1v) is 11.6. The van der Waals surface area contributed by atoms with Crippen molar-refractivity contribution in [1.29, 1.82) is 0 Å². The van der Waals surface area contributed by atoms with Crippen LogP contribution >= 0.6 is 11.8 Å². The van der Waals surface area contributed by atoms with Crippen molar-refractivity contribution in [2.24, 2.45) is 0 Å². The molecule has 33 heavy (non-hydrogen) atoms. The molecule has 4 rings (SSSR count). The average Bonchev–Trinajstić information content (AvgIpc) is 3.20. The maximum Gasteiger partial charge on any atom is 0.251 e. The topological polar surface area (TPSA) is 78.3 Å². The molecule has 8 heteroatoms. The molecule has 0 radical (unpaired) electrons. The zero-order chi connectivity index (χ0) is 23.0. The number of hydrogen-bond donors (Lipinski definition) is 1. The van der Waals surface area contributed by atoms with E-state index in [4.69, 9.17) is 14.5 Å². The zero-order valence-corrected chi connectivity index (χ0v) is 19.5. The monoisotopic (exact) mass is 462 g/mol. The van der Waals surface area contributed by atoms with Crippen molar-refractivity contribution in [3.63, 3.8) is 0 Å². The number of amides is 1. The Morgan fingerprint density at radius 3 is 2.73 bits per heavy atom. The van der Waals surface area contributed by atoms with E-state index in [1.807, 2.05) is 54.7 Å². The SMILES string of the molecule is COCCNC(=O)c1ccc(Cn2c(SCc3cccc(OC)c3)nc3ccncc32)cc1. The predicted octanol–water partition coefficient (Wildman–Crippen LogP) is 4.16. The summed E-state index contributed by atoms with van der Waals surface area (Å²) in [4.78, 5) is 21.4. The van der Waals surface area contributed by atoms with Crippen LogP contribution in [0.1, 0.15) is 21.5 Å². The summed E-state index contributed by atoms with van der Waals surface area (Å²) in [6.45, 7) is 1.61. The molecular formula is C25H26N4O3S.